The Kier molecular flexibility index (Phi) is 5.97. The molecule has 0 unspecified atom stereocenters. The summed E-state index contributed by atoms with van der Waals surface area (Å²) in [4.78, 5) is 18.1. The largest absolute Gasteiger partial charge is 0.495 e. The summed E-state index contributed by atoms with van der Waals surface area (Å²) >= 11 is 6.17. The van der Waals surface area contributed by atoms with Gasteiger partial charge in [-0.15, -0.1) is 0 Å². The standard InChI is InChI=1S/C19H24ClN3O3/c1-12(14-7-5-6-8-15(14)20)22-16(9-17(21)24)13-10-23(11-13)18(25)26-19(2,3)4/h5-9,13,24H,1,10-11,21H2,2-4H3/b17-9+,22-16+. The van der Waals surface area contributed by atoms with Crippen LogP contribution in [0.25, 0.3) is 5.70 Å². The number of carbonyl (C=O) groups is 1. The third-order valence-corrected chi connectivity index (χ3v) is 4.03. The van der Waals surface area contributed by atoms with Gasteiger partial charge in [0.2, 0.25) is 0 Å². The van der Waals surface area contributed by atoms with Crippen LogP contribution in [0.15, 0.2) is 47.8 Å². The Morgan fingerprint density at radius 2 is 2.04 bits per heavy atom. The molecular formula is C19H24ClN3O3. The average molecular weight is 378 g/mol. The number of halogens is 1. The highest BCUT2D eigenvalue weighted by molar-refractivity contribution is 6.32. The van der Waals surface area contributed by atoms with Gasteiger partial charge in [-0.1, -0.05) is 36.4 Å². The van der Waals surface area contributed by atoms with E-state index in [1.165, 1.54) is 6.08 Å². The molecule has 1 aromatic carbocycles. The van der Waals surface area contributed by atoms with E-state index in [1.54, 1.807) is 11.0 Å². The van der Waals surface area contributed by atoms with Crippen molar-refractivity contribution in [3.8, 4) is 0 Å². The van der Waals surface area contributed by atoms with E-state index in [0.29, 0.717) is 35.1 Å². The van der Waals surface area contributed by atoms with E-state index in [9.17, 15) is 9.90 Å². The molecule has 0 spiro atoms. The Morgan fingerprint density at radius 1 is 1.42 bits per heavy atom. The second-order valence-electron chi connectivity index (χ2n) is 7.11. The number of rotatable bonds is 4. The van der Waals surface area contributed by atoms with Gasteiger partial charge in [0.15, 0.2) is 5.88 Å². The van der Waals surface area contributed by atoms with Crippen molar-refractivity contribution in [3.05, 3.63) is 53.4 Å². The lowest BCUT2D eigenvalue weighted by atomic mass is 9.94. The zero-order valence-corrected chi connectivity index (χ0v) is 16.0. The topological polar surface area (TPSA) is 88.2 Å². The molecule has 0 atom stereocenters. The van der Waals surface area contributed by atoms with Crippen molar-refractivity contribution in [2.45, 2.75) is 26.4 Å². The molecule has 2 rings (SSSR count). The van der Waals surface area contributed by atoms with Crippen molar-refractivity contribution in [3.63, 3.8) is 0 Å². The molecule has 6 nitrogen and oxygen atoms in total. The van der Waals surface area contributed by atoms with Gasteiger partial charge in [-0.3, -0.25) is 4.99 Å². The van der Waals surface area contributed by atoms with Crippen LogP contribution in [0.2, 0.25) is 5.02 Å². The molecule has 0 bridgehead atoms. The molecule has 7 heteroatoms. The quantitative estimate of drug-likeness (QED) is 0.613. The van der Waals surface area contributed by atoms with Gasteiger partial charge in [0.25, 0.3) is 0 Å². The molecule has 1 saturated heterocycles. The van der Waals surface area contributed by atoms with Gasteiger partial charge in [0.1, 0.15) is 5.60 Å². The van der Waals surface area contributed by atoms with E-state index in [1.807, 2.05) is 39.0 Å². The maximum Gasteiger partial charge on any atom is 0.410 e. The number of hydrogen-bond donors (Lipinski definition) is 2. The molecule has 140 valence electrons. The lowest BCUT2D eigenvalue weighted by molar-refractivity contribution is 0.00703. The lowest BCUT2D eigenvalue weighted by Gasteiger charge is -2.39. The number of aliphatic hydroxyl groups excluding tert-OH is 1. The van der Waals surface area contributed by atoms with E-state index >= 15 is 0 Å². The highest BCUT2D eigenvalue weighted by atomic mass is 35.5. The van der Waals surface area contributed by atoms with Crippen molar-refractivity contribution in [2.75, 3.05) is 13.1 Å². The Labute approximate surface area is 158 Å². The van der Waals surface area contributed by atoms with Gasteiger partial charge in [-0.2, -0.15) is 0 Å². The number of benzene rings is 1. The highest BCUT2D eigenvalue weighted by Gasteiger charge is 2.36. The smallest absolute Gasteiger partial charge is 0.410 e. The average Bonchev–Trinajstić information content (AvgIpc) is 2.43. The maximum atomic E-state index is 12.1. The van der Waals surface area contributed by atoms with Crippen LogP contribution in [-0.4, -0.2) is 40.5 Å². The van der Waals surface area contributed by atoms with Crippen LogP contribution in [0, 0.1) is 5.92 Å². The van der Waals surface area contributed by atoms with Crippen molar-refractivity contribution in [2.24, 2.45) is 16.6 Å². The molecule has 1 aromatic rings. The van der Waals surface area contributed by atoms with Crippen LogP contribution in [0.1, 0.15) is 26.3 Å². The van der Waals surface area contributed by atoms with Crippen LogP contribution in [-0.2, 0) is 4.74 Å². The lowest BCUT2D eigenvalue weighted by Crippen LogP contribution is -2.54. The molecule has 1 fully saturated rings. The van der Waals surface area contributed by atoms with Gasteiger partial charge in [0, 0.05) is 35.7 Å². The van der Waals surface area contributed by atoms with E-state index < -0.39 is 5.60 Å². The Morgan fingerprint density at radius 3 is 2.58 bits per heavy atom. The van der Waals surface area contributed by atoms with Crippen molar-refractivity contribution >= 4 is 29.1 Å². The number of ether oxygens (including phenoxy) is 1. The summed E-state index contributed by atoms with van der Waals surface area (Å²) in [7, 11) is 0. The van der Waals surface area contributed by atoms with E-state index in [2.05, 4.69) is 11.6 Å². The molecule has 1 heterocycles. The second kappa shape index (κ2) is 7.83. The first-order valence-corrected chi connectivity index (χ1v) is 8.61. The summed E-state index contributed by atoms with van der Waals surface area (Å²) < 4.78 is 5.34. The van der Waals surface area contributed by atoms with Crippen molar-refractivity contribution < 1.29 is 14.6 Å². The number of hydrogen-bond acceptors (Lipinski definition) is 5. The third-order valence-electron chi connectivity index (χ3n) is 3.70. The summed E-state index contributed by atoms with van der Waals surface area (Å²) in [6.45, 7) is 10.2. The summed E-state index contributed by atoms with van der Waals surface area (Å²) in [5.41, 5.74) is 6.55. The SMILES string of the molecule is C=C(/N=C(\C=C(/N)O)C1CN(C(=O)OC(C)(C)C)C1)c1ccccc1Cl. The first-order chi connectivity index (χ1) is 12.1. The highest BCUT2D eigenvalue weighted by Crippen LogP contribution is 2.27. The van der Waals surface area contributed by atoms with Crippen LogP contribution in [0.3, 0.4) is 0 Å². The van der Waals surface area contributed by atoms with Crippen LogP contribution in [0.4, 0.5) is 4.79 Å². The van der Waals surface area contributed by atoms with Crippen molar-refractivity contribution in [1.82, 2.24) is 4.90 Å². The predicted molar refractivity (Wildman–Crippen MR) is 104 cm³/mol. The number of likely N-dealkylation sites (tertiary alicyclic amines) is 1. The second-order valence-corrected chi connectivity index (χ2v) is 7.52. The van der Waals surface area contributed by atoms with Crippen molar-refractivity contribution in [1.29, 1.82) is 0 Å². The molecule has 0 radical (unpaired) electrons. The first kappa shape index (κ1) is 19.8. The predicted octanol–water partition coefficient (Wildman–Crippen LogP) is 3.98. The number of carbonyl (C=O) groups excluding carboxylic acids is 1. The minimum absolute atomic E-state index is 0.0764. The Hall–Kier alpha value is -2.47. The monoisotopic (exact) mass is 377 g/mol. The molecule has 26 heavy (non-hydrogen) atoms. The number of aliphatic hydroxyl groups is 1. The fraction of sp³-hybridized carbons (Fsp3) is 0.368. The van der Waals surface area contributed by atoms with Crippen LogP contribution < -0.4 is 5.73 Å². The third kappa shape index (κ3) is 5.26. The van der Waals surface area contributed by atoms with Crippen LogP contribution in [0.5, 0.6) is 0 Å². The fourth-order valence-electron chi connectivity index (χ4n) is 2.45. The molecule has 0 saturated carbocycles. The summed E-state index contributed by atoms with van der Waals surface area (Å²) in [5.74, 6) is -0.432. The summed E-state index contributed by atoms with van der Waals surface area (Å²) in [6.07, 6.45) is 0.998. The first-order valence-electron chi connectivity index (χ1n) is 8.23. The van der Waals surface area contributed by atoms with E-state index in [-0.39, 0.29) is 17.9 Å². The van der Waals surface area contributed by atoms with Gasteiger partial charge in [-0.25, -0.2) is 4.79 Å². The van der Waals surface area contributed by atoms with Gasteiger partial charge in [-0.05, 0) is 26.8 Å². The number of nitrogens with two attached hydrogens (primary N) is 1. The molecule has 3 N–H and O–H groups in total. The number of aliphatic imine (C=N–C) groups is 1. The zero-order chi connectivity index (χ0) is 19.5. The van der Waals surface area contributed by atoms with Crippen LogP contribution >= 0.6 is 11.6 Å². The van der Waals surface area contributed by atoms with Gasteiger partial charge < -0.3 is 20.5 Å². The Bertz CT molecular complexity index is 756. The molecule has 0 aromatic heterocycles. The van der Waals surface area contributed by atoms with Gasteiger partial charge >= 0.3 is 6.09 Å². The minimum atomic E-state index is -0.549. The fourth-order valence-corrected chi connectivity index (χ4v) is 2.69. The number of amides is 1. The van der Waals surface area contributed by atoms with E-state index in [0.717, 1.165) is 0 Å². The molecule has 1 aliphatic rings. The van der Waals surface area contributed by atoms with E-state index in [4.69, 9.17) is 22.1 Å². The number of allylic oxidation sites excluding steroid dienone is 1. The molecule has 1 amide bonds. The summed E-state index contributed by atoms with van der Waals surface area (Å²) in [6, 6.07) is 7.22. The normalized spacial score (nSPS) is 16.2. The van der Waals surface area contributed by atoms with Gasteiger partial charge in [0.05, 0.1) is 11.4 Å². The molecule has 0 aliphatic carbocycles. The maximum absolute atomic E-state index is 12.1. The summed E-state index contributed by atoms with van der Waals surface area (Å²) in [5, 5.41) is 9.99. The zero-order valence-electron chi connectivity index (χ0n) is 15.2. The molecule has 1 aliphatic heterocycles. The molecular weight excluding hydrogens is 354 g/mol. The minimum Gasteiger partial charge on any atom is -0.495 e. The Balaban J connectivity index is 2.13. The number of nitrogens with zero attached hydrogens (tertiary/aromatic N) is 2.